The molecule has 102 valence electrons. The molecule has 1 atom stereocenters. The van der Waals surface area contributed by atoms with E-state index in [0.29, 0.717) is 18.7 Å². The standard InChI is InChI=1S/C13H17N3O3/c1-9-4-3-5-11(12(9)16(18)19)13(17)15-7-6-14-8-10(15)2/h3-5,10,14H,6-8H2,1-2H3/t10-/m1/s1. The minimum absolute atomic E-state index is 0.0429. The van der Waals surface area contributed by atoms with E-state index in [9.17, 15) is 14.9 Å². The van der Waals surface area contributed by atoms with Gasteiger partial charge in [-0.25, -0.2) is 0 Å². The molecule has 1 heterocycles. The first kappa shape index (κ1) is 13.5. The third kappa shape index (κ3) is 2.58. The van der Waals surface area contributed by atoms with Crippen LogP contribution in [0, 0.1) is 17.0 Å². The number of nitro benzene ring substituents is 1. The van der Waals surface area contributed by atoms with Crippen molar-refractivity contribution in [2.24, 2.45) is 0 Å². The topological polar surface area (TPSA) is 75.5 Å². The molecule has 1 aliphatic heterocycles. The molecule has 1 aliphatic rings. The highest BCUT2D eigenvalue weighted by molar-refractivity contribution is 5.98. The third-order valence-electron chi connectivity index (χ3n) is 3.41. The summed E-state index contributed by atoms with van der Waals surface area (Å²) in [5.41, 5.74) is 0.607. The van der Waals surface area contributed by atoms with Crippen LogP contribution in [0.2, 0.25) is 0 Å². The van der Waals surface area contributed by atoms with E-state index < -0.39 is 4.92 Å². The molecule has 0 unspecified atom stereocenters. The van der Waals surface area contributed by atoms with Gasteiger partial charge in [0.25, 0.3) is 11.6 Å². The van der Waals surface area contributed by atoms with Crippen molar-refractivity contribution < 1.29 is 9.72 Å². The number of nitrogens with zero attached hydrogens (tertiary/aromatic N) is 2. The van der Waals surface area contributed by atoms with Crippen molar-refractivity contribution in [3.8, 4) is 0 Å². The molecule has 1 aromatic carbocycles. The van der Waals surface area contributed by atoms with Gasteiger partial charge >= 0.3 is 0 Å². The molecule has 1 saturated heterocycles. The maximum absolute atomic E-state index is 12.5. The van der Waals surface area contributed by atoms with E-state index in [2.05, 4.69) is 5.32 Å². The average Bonchev–Trinajstić information content (AvgIpc) is 2.37. The normalized spacial score (nSPS) is 19.3. The summed E-state index contributed by atoms with van der Waals surface area (Å²) in [6.07, 6.45) is 0. The Kier molecular flexibility index (Phi) is 3.80. The fraction of sp³-hybridized carbons (Fsp3) is 0.462. The number of hydrogen-bond donors (Lipinski definition) is 1. The molecular weight excluding hydrogens is 246 g/mol. The molecule has 2 rings (SSSR count). The lowest BCUT2D eigenvalue weighted by Gasteiger charge is -2.33. The van der Waals surface area contributed by atoms with Crippen molar-refractivity contribution >= 4 is 11.6 Å². The van der Waals surface area contributed by atoms with Crippen molar-refractivity contribution in [1.29, 1.82) is 0 Å². The molecular formula is C13H17N3O3. The Bertz CT molecular complexity index is 516. The summed E-state index contributed by atoms with van der Waals surface area (Å²) < 4.78 is 0. The molecule has 1 aromatic rings. The van der Waals surface area contributed by atoms with Gasteiger partial charge < -0.3 is 10.2 Å². The Balaban J connectivity index is 2.38. The Hall–Kier alpha value is -1.95. The number of hydrogen-bond acceptors (Lipinski definition) is 4. The fourth-order valence-corrected chi connectivity index (χ4v) is 2.37. The first-order valence-electron chi connectivity index (χ1n) is 6.28. The van der Waals surface area contributed by atoms with Crippen LogP contribution in [-0.2, 0) is 0 Å². The Morgan fingerprint density at radius 1 is 1.53 bits per heavy atom. The minimum atomic E-state index is -0.477. The van der Waals surface area contributed by atoms with Crippen molar-refractivity contribution in [2.45, 2.75) is 19.9 Å². The number of para-hydroxylation sites is 1. The number of aryl methyl sites for hydroxylation is 1. The lowest BCUT2D eigenvalue weighted by atomic mass is 10.1. The minimum Gasteiger partial charge on any atom is -0.333 e. The summed E-state index contributed by atoms with van der Waals surface area (Å²) in [7, 11) is 0. The highest BCUT2D eigenvalue weighted by atomic mass is 16.6. The van der Waals surface area contributed by atoms with Crippen molar-refractivity contribution in [3.05, 3.63) is 39.4 Å². The van der Waals surface area contributed by atoms with Gasteiger partial charge in [-0.2, -0.15) is 0 Å². The first-order chi connectivity index (χ1) is 9.02. The molecule has 1 N–H and O–H groups in total. The predicted molar refractivity (Wildman–Crippen MR) is 71.2 cm³/mol. The Morgan fingerprint density at radius 3 is 2.89 bits per heavy atom. The van der Waals surface area contributed by atoms with Crippen LogP contribution in [0.15, 0.2) is 18.2 Å². The highest BCUT2D eigenvalue weighted by Crippen LogP contribution is 2.25. The lowest BCUT2D eigenvalue weighted by Crippen LogP contribution is -2.52. The maximum atomic E-state index is 12.5. The summed E-state index contributed by atoms with van der Waals surface area (Å²) >= 11 is 0. The quantitative estimate of drug-likeness (QED) is 0.645. The van der Waals surface area contributed by atoms with Crippen LogP contribution in [0.3, 0.4) is 0 Å². The predicted octanol–water partition coefficient (Wildman–Crippen LogP) is 1.34. The van der Waals surface area contributed by atoms with E-state index in [1.54, 1.807) is 24.0 Å². The maximum Gasteiger partial charge on any atom is 0.285 e. The number of carbonyl (C=O) groups is 1. The zero-order valence-corrected chi connectivity index (χ0v) is 11.0. The molecule has 19 heavy (non-hydrogen) atoms. The highest BCUT2D eigenvalue weighted by Gasteiger charge is 2.29. The summed E-state index contributed by atoms with van der Waals surface area (Å²) in [5, 5.41) is 14.3. The Labute approximate surface area is 111 Å². The Morgan fingerprint density at radius 2 is 2.26 bits per heavy atom. The van der Waals surface area contributed by atoms with Gasteiger partial charge in [-0.3, -0.25) is 14.9 Å². The number of benzene rings is 1. The molecule has 0 aromatic heterocycles. The van der Waals surface area contributed by atoms with Crippen molar-refractivity contribution in [1.82, 2.24) is 10.2 Å². The molecule has 0 saturated carbocycles. The van der Waals surface area contributed by atoms with Crippen molar-refractivity contribution in [3.63, 3.8) is 0 Å². The van der Waals surface area contributed by atoms with Gasteiger partial charge in [-0.05, 0) is 19.9 Å². The van der Waals surface area contributed by atoms with E-state index in [1.165, 1.54) is 6.07 Å². The van der Waals surface area contributed by atoms with Crippen LogP contribution < -0.4 is 5.32 Å². The second-order valence-corrected chi connectivity index (χ2v) is 4.78. The number of nitro groups is 1. The van der Waals surface area contributed by atoms with E-state index in [4.69, 9.17) is 0 Å². The summed E-state index contributed by atoms with van der Waals surface area (Å²) in [6.45, 7) is 5.59. The van der Waals surface area contributed by atoms with E-state index in [-0.39, 0.29) is 23.2 Å². The van der Waals surface area contributed by atoms with E-state index in [0.717, 1.165) is 6.54 Å². The second kappa shape index (κ2) is 5.36. The summed E-state index contributed by atoms with van der Waals surface area (Å²) in [6, 6.07) is 4.90. The van der Waals surface area contributed by atoms with Crippen LogP contribution in [0.1, 0.15) is 22.8 Å². The molecule has 0 radical (unpaired) electrons. The number of carbonyl (C=O) groups excluding carboxylic acids is 1. The molecule has 1 amide bonds. The van der Waals surface area contributed by atoms with Gasteiger partial charge in [0.15, 0.2) is 0 Å². The number of rotatable bonds is 2. The van der Waals surface area contributed by atoms with Gasteiger partial charge in [-0.15, -0.1) is 0 Å². The number of nitrogens with one attached hydrogen (secondary N) is 1. The summed E-state index contributed by atoms with van der Waals surface area (Å²) in [4.78, 5) is 24.8. The zero-order valence-electron chi connectivity index (χ0n) is 11.0. The fourth-order valence-electron chi connectivity index (χ4n) is 2.37. The lowest BCUT2D eigenvalue weighted by molar-refractivity contribution is -0.385. The van der Waals surface area contributed by atoms with Gasteiger partial charge in [0.2, 0.25) is 0 Å². The molecule has 6 heteroatoms. The van der Waals surface area contributed by atoms with Crippen molar-refractivity contribution in [2.75, 3.05) is 19.6 Å². The van der Waals surface area contributed by atoms with Crippen LogP contribution >= 0.6 is 0 Å². The SMILES string of the molecule is Cc1cccc(C(=O)N2CCNC[C@H]2C)c1[N+](=O)[O-]. The van der Waals surface area contributed by atoms with E-state index >= 15 is 0 Å². The van der Waals surface area contributed by atoms with Crippen LogP contribution in [0.25, 0.3) is 0 Å². The number of amides is 1. The third-order valence-corrected chi connectivity index (χ3v) is 3.41. The van der Waals surface area contributed by atoms with Gasteiger partial charge in [0.1, 0.15) is 5.56 Å². The molecule has 6 nitrogen and oxygen atoms in total. The van der Waals surface area contributed by atoms with Gasteiger partial charge in [0.05, 0.1) is 4.92 Å². The molecule has 0 spiro atoms. The van der Waals surface area contributed by atoms with Gasteiger partial charge in [-0.1, -0.05) is 12.1 Å². The summed E-state index contributed by atoms with van der Waals surface area (Å²) in [5.74, 6) is -0.260. The molecule has 0 bridgehead atoms. The first-order valence-corrected chi connectivity index (χ1v) is 6.28. The average molecular weight is 263 g/mol. The molecule has 0 aliphatic carbocycles. The number of piperazine rings is 1. The van der Waals surface area contributed by atoms with Crippen LogP contribution in [-0.4, -0.2) is 41.4 Å². The van der Waals surface area contributed by atoms with E-state index in [1.807, 2.05) is 6.92 Å². The monoisotopic (exact) mass is 263 g/mol. The van der Waals surface area contributed by atoms with Gasteiger partial charge in [0, 0.05) is 31.2 Å². The largest absolute Gasteiger partial charge is 0.333 e. The smallest absolute Gasteiger partial charge is 0.285 e. The molecule has 1 fully saturated rings. The van der Waals surface area contributed by atoms with Crippen LogP contribution in [0.5, 0.6) is 0 Å². The zero-order chi connectivity index (χ0) is 14.0. The van der Waals surface area contributed by atoms with Crippen LogP contribution in [0.4, 0.5) is 5.69 Å². The second-order valence-electron chi connectivity index (χ2n) is 4.78.